The van der Waals surface area contributed by atoms with Crippen LogP contribution in [0.3, 0.4) is 0 Å². The van der Waals surface area contributed by atoms with E-state index in [0.717, 1.165) is 12.0 Å². The van der Waals surface area contributed by atoms with Gasteiger partial charge in [0.15, 0.2) is 6.19 Å². The number of benzene rings is 1. The molecule has 0 spiro atoms. The Labute approximate surface area is 218 Å². The van der Waals surface area contributed by atoms with Crippen LogP contribution in [-0.2, 0) is 21.5 Å². The largest absolute Gasteiger partial charge is 0.348 e. The zero-order valence-electron chi connectivity index (χ0n) is 21.5. The van der Waals surface area contributed by atoms with Gasteiger partial charge in [0.25, 0.3) is 5.91 Å². The van der Waals surface area contributed by atoms with Gasteiger partial charge in [-0.2, -0.15) is 5.26 Å². The smallest absolute Gasteiger partial charge is 0.251 e. The van der Waals surface area contributed by atoms with Crippen molar-refractivity contribution in [2.24, 2.45) is 0 Å². The minimum atomic E-state index is -0.980. The molecule has 0 aliphatic carbocycles. The molecule has 0 radical (unpaired) electrons. The van der Waals surface area contributed by atoms with Crippen molar-refractivity contribution < 1.29 is 9.59 Å². The zero-order valence-corrected chi connectivity index (χ0v) is 21.5. The Morgan fingerprint density at radius 1 is 1.14 bits per heavy atom. The summed E-state index contributed by atoms with van der Waals surface area (Å²) in [6, 6.07) is 15.1. The second-order valence-corrected chi connectivity index (χ2v) is 10.2. The van der Waals surface area contributed by atoms with Crippen LogP contribution in [-0.4, -0.2) is 39.3 Å². The van der Waals surface area contributed by atoms with Gasteiger partial charge in [0, 0.05) is 36.4 Å². The fraction of sp³-hybridized carbons (Fsp3) is 0.345. The van der Waals surface area contributed by atoms with Gasteiger partial charge in [-0.3, -0.25) is 29.4 Å². The summed E-state index contributed by atoms with van der Waals surface area (Å²) in [7, 11) is 0. The lowest BCUT2D eigenvalue weighted by Gasteiger charge is -2.34. The monoisotopic (exact) mass is 496 g/mol. The third-order valence-corrected chi connectivity index (χ3v) is 6.59. The Morgan fingerprint density at radius 2 is 1.92 bits per heavy atom. The molecule has 2 aromatic heterocycles. The lowest BCUT2D eigenvalue weighted by Crippen LogP contribution is -2.50. The van der Waals surface area contributed by atoms with Crippen LogP contribution in [0.25, 0.3) is 0 Å². The van der Waals surface area contributed by atoms with E-state index in [1.807, 2.05) is 42.5 Å². The highest BCUT2D eigenvalue weighted by Crippen LogP contribution is 2.33. The number of pyridine rings is 2. The van der Waals surface area contributed by atoms with E-state index < -0.39 is 12.1 Å². The summed E-state index contributed by atoms with van der Waals surface area (Å²) in [6.07, 6.45) is 8.35. The molecule has 1 aromatic carbocycles. The van der Waals surface area contributed by atoms with Crippen molar-refractivity contribution in [3.63, 3.8) is 0 Å². The second kappa shape index (κ2) is 11.2. The molecule has 3 aromatic rings. The number of amides is 2. The zero-order chi connectivity index (χ0) is 26.4. The van der Waals surface area contributed by atoms with Crippen molar-refractivity contribution in [2.45, 2.75) is 57.7 Å². The third kappa shape index (κ3) is 5.95. The molecule has 1 N–H and O–H groups in total. The number of hydrogen-bond acceptors (Lipinski definition) is 6. The number of nitriles is 1. The molecule has 8 heteroatoms. The number of carbonyl (C=O) groups excluding carboxylic acids is 2. The van der Waals surface area contributed by atoms with Crippen molar-refractivity contribution in [2.75, 3.05) is 11.4 Å². The Bertz CT molecular complexity index is 1250. The van der Waals surface area contributed by atoms with Crippen LogP contribution in [0.15, 0.2) is 73.2 Å². The fourth-order valence-corrected chi connectivity index (χ4v) is 4.56. The molecule has 190 valence electrons. The second-order valence-electron chi connectivity index (χ2n) is 10.2. The SMILES string of the molecule is CC(C)(C)c1ccc(N(C(=O)[C@H]2CCCN2C#N)C(C(=O)NCc2ccccn2)c2cccnc2)cc1. The van der Waals surface area contributed by atoms with Crippen LogP contribution >= 0.6 is 0 Å². The number of likely N-dealkylation sites (tertiary alicyclic amines) is 1. The van der Waals surface area contributed by atoms with E-state index >= 15 is 0 Å². The first-order valence-corrected chi connectivity index (χ1v) is 12.5. The number of nitrogens with zero attached hydrogens (tertiary/aromatic N) is 5. The standard InChI is InChI=1S/C29H32N6O2/c1-29(2,3)22-11-13-24(14-12-22)35(28(37)25-10-7-17-34(25)20-30)26(21-8-6-15-31-18-21)27(36)33-19-23-9-4-5-16-32-23/h4-6,8-9,11-16,18,25-26H,7,10,17,19H2,1-3H3,(H,33,36)/t25-,26?/m1/s1. The maximum absolute atomic E-state index is 14.1. The van der Waals surface area contributed by atoms with Crippen LogP contribution in [0, 0.1) is 11.5 Å². The van der Waals surface area contributed by atoms with Gasteiger partial charge in [0.05, 0.1) is 12.2 Å². The summed E-state index contributed by atoms with van der Waals surface area (Å²) in [5, 5.41) is 12.6. The first-order chi connectivity index (χ1) is 17.8. The van der Waals surface area contributed by atoms with E-state index in [1.165, 1.54) is 9.80 Å². The third-order valence-electron chi connectivity index (χ3n) is 6.59. The van der Waals surface area contributed by atoms with Crippen LogP contribution in [0.2, 0.25) is 0 Å². The highest BCUT2D eigenvalue weighted by molar-refractivity contribution is 6.04. The van der Waals surface area contributed by atoms with Crippen molar-refractivity contribution in [1.82, 2.24) is 20.2 Å². The van der Waals surface area contributed by atoms with Crippen molar-refractivity contribution >= 4 is 17.5 Å². The molecular weight excluding hydrogens is 464 g/mol. The van der Waals surface area contributed by atoms with Crippen molar-refractivity contribution in [1.29, 1.82) is 5.26 Å². The number of nitrogens with one attached hydrogen (secondary N) is 1. The van der Waals surface area contributed by atoms with Gasteiger partial charge in [-0.25, -0.2) is 0 Å². The van der Waals surface area contributed by atoms with Gasteiger partial charge < -0.3 is 5.32 Å². The van der Waals surface area contributed by atoms with E-state index in [1.54, 1.807) is 30.7 Å². The number of aromatic nitrogens is 2. The maximum atomic E-state index is 14.1. The molecule has 1 saturated heterocycles. The molecule has 0 saturated carbocycles. The average Bonchev–Trinajstić information content (AvgIpc) is 3.40. The van der Waals surface area contributed by atoms with E-state index in [4.69, 9.17) is 0 Å². The normalized spacial score (nSPS) is 16.1. The van der Waals surface area contributed by atoms with E-state index in [9.17, 15) is 14.9 Å². The molecular formula is C29H32N6O2. The van der Waals surface area contributed by atoms with Gasteiger partial charge in [0.1, 0.15) is 12.1 Å². The maximum Gasteiger partial charge on any atom is 0.251 e. The van der Waals surface area contributed by atoms with Gasteiger partial charge in [0.2, 0.25) is 5.91 Å². The summed E-state index contributed by atoms with van der Waals surface area (Å²) in [4.78, 5) is 39.4. The van der Waals surface area contributed by atoms with Crippen LogP contribution in [0.4, 0.5) is 5.69 Å². The Kier molecular flexibility index (Phi) is 7.83. The minimum Gasteiger partial charge on any atom is -0.348 e. The summed E-state index contributed by atoms with van der Waals surface area (Å²) < 4.78 is 0. The van der Waals surface area contributed by atoms with Crippen LogP contribution in [0.1, 0.15) is 56.5 Å². The first kappa shape index (κ1) is 25.8. The molecule has 1 aliphatic heterocycles. The summed E-state index contributed by atoms with van der Waals surface area (Å²) in [5.41, 5.74) is 2.92. The van der Waals surface area contributed by atoms with Gasteiger partial charge in [-0.05, 0) is 54.2 Å². The Hall–Kier alpha value is -4.25. The van der Waals surface area contributed by atoms with Crippen LogP contribution in [0.5, 0.6) is 0 Å². The molecule has 1 fully saturated rings. The quantitative estimate of drug-likeness (QED) is 0.494. The lowest BCUT2D eigenvalue weighted by molar-refractivity contribution is -0.128. The summed E-state index contributed by atoms with van der Waals surface area (Å²) >= 11 is 0. The van der Waals surface area contributed by atoms with Crippen LogP contribution < -0.4 is 10.2 Å². The highest BCUT2D eigenvalue weighted by atomic mass is 16.2. The molecule has 2 amide bonds. The summed E-state index contributed by atoms with van der Waals surface area (Å²) in [6.45, 7) is 7.11. The molecule has 8 nitrogen and oxygen atoms in total. The van der Waals surface area contributed by atoms with E-state index in [0.29, 0.717) is 29.9 Å². The predicted octanol–water partition coefficient (Wildman–Crippen LogP) is 4.11. The van der Waals surface area contributed by atoms with E-state index in [2.05, 4.69) is 42.2 Å². The molecule has 37 heavy (non-hydrogen) atoms. The minimum absolute atomic E-state index is 0.0702. The topological polar surface area (TPSA) is 102 Å². The van der Waals surface area contributed by atoms with Gasteiger partial charge in [-0.15, -0.1) is 0 Å². The van der Waals surface area contributed by atoms with Gasteiger partial charge >= 0.3 is 0 Å². The van der Waals surface area contributed by atoms with Crippen molar-refractivity contribution in [3.8, 4) is 6.19 Å². The molecule has 0 bridgehead atoms. The first-order valence-electron chi connectivity index (χ1n) is 12.5. The molecule has 1 aliphatic rings. The highest BCUT2D eigenvalue weighted by Gasteiger charge is 2.40. The number of carbonyl (C=O) groups is 2. The number of rotatable bonds is 7. The van der Waals surface area contributed by atoms with Crippen molar-refractivity contribution in [3.05, 3.63) is 90.0 Å². The molecule has 3 heterocycles. The predicted molar refractivity (Wildman–Crippen MR) is 141 cm³/mol. The Balaban J connectivity index is 1.76. The van der Waals surface area contributed by atoms with Gasteiger partial charge in [-0.1, -0.05) is 45.0 Å². The number of anilines is 1. The summed E-state index contributed by atoms with van der Waals surface area (Å²) in [5.74, 6) is -0.641. The molecule has 2 atom stereocenters. The fourth-order valence-electron chi connectivity index (χ4n) is 4.56. The average molecular weight is 497 g/mol. The molecule has 1 unspecified atom stereocenters. The number of hydrogen-bond donors (Lipinski definition) is 1. The lowest BCUT2D eigenvalue weighted by atomic mass is 9.87. The van der Waals surface area contributed by atoms with E-state index in [-0.39, 0.29) is 23.8 Å². The Morgan fingerprint density at radius 3 is 2.54 bits per heavy atom. The molecule has 4 rings (SSSR count).